The minimum absolute atomic E-state index is 0.0234. The Labute approximate surface area is 77.6 Å². The van der Waals surface area contributed by atoms with Crippen LogP contribution >= 0.6 is 0 Å². The number of hydrogen-bond donors (Lipinski definition) is 2. The van der Waals surface area contributed by atoms with E-state index in [1.807, 2.05) is 12.1 Å². The van der Waals surface area contributed by atoms with Crippen molar-refractivity contribution in [2.75, 3.05) is 6.61 Å². The molecule has 1 atom stereocenters. The maximum absolute atomic E-state index is 8.83. The van der Waals surface area contributed by atoms with E-state index in [4.69, 9.17) is 10.8 Å². The molecule has 0 aliphatic heterocycles. The molecule has 0 saturated heterocycles. The lowest BCUT2D eigenvalue weighted by Crippen LogP contribution is -2.14. The van der Waals surface area contributed by atoms with Gasteiger partial charge < -0.3 is 10.8 Å². The predicted octanol–water partition coefficient (Wildman–Crippen LogP) is 0.951. The summed E-state index contributed by atoms with van der Waals surface area (Å²) >= 11 is 0. The van der Waals surface area contributed by atoms with Crippen LogP contribution in [0.5, 0.6) is 0 Å². The summed E-state index contributed by atoms with van der Waals surface area (Å²) in [4.78, 5) is 4.32. The third-order valence-electron chi connectivity index (χ3n) is 2.43. The van der Waals surface area contributed by atoms with Crippen molar-refractivity contribution in [2.24, 2.45) is 5.73 Å². The lowest BCUT2D eigenvalue weighted by atomic mass is 10.1. The number of aliphatic hydroxyl groups is 1. The van der Waals surface area contributed by atoms with Crippen molar-refractivity contribution in [1.29, 1.82) is 0 Å². The van der Waals surface area contributed by atoms with E-state index in [0.717, 1.165) is 11.3 Å². The van der Waals surface area contributed by atoms with Gasteiger partial charge in [-0.2, -0.15) is 0 Å². The standard InChI is InChI=1S/C10H14N2O/c11-9(6-13)8-3-4-10(12-5-8)7-1-2-7/h3-5,7,9,13H,1-2,6,11H2. The molecule has 1 aliphatic carbocycles. The number of hydrogen-bond acceptors (Lipinski definition) is 3. The van der Waals surface area contributed by atoms with Crippen molar-refractivity contribution >= 4 is 0 Å². The number of nitrogens with two attached hydrogens (primary N) is 1. The predicted molar refractivity (Wildman–Crippen MR) is 50.2 cm³/mol. The normalized spacial score (nSPS) is 18.6. The van der Waals surface area contributed by atoms with Crippen LogP contribution in [0.4, 0.5) is 0 Å². The summed E-state index contributed by atoms with van der Waals surface area (Å²) in [7, 11) is 0. The van der Waals surface area contributed by atoms with Crippen LogP contribution in [-0.2, 0) is 0 Å². The van der Waals surface area contributed by atoms with E-state index < -0.39 is 0 Å². The van der Waals surface area contributed by atoms with Gasteiger partial charge in [0, 0.05) is 17.8 Å². The summed E-state index contributed by atoms with van der Waals surface area (Å²) in [6.07, 6.45) is 4.30. The van der Waals surface area contributed by atoms with Gasteiger partial charge in [0.05, 0.1) is 12.6 Å². The number of nitrogens with zero attached hydrogens (tertiary/aromatic N) is 1. The number of pyridine rings is 1. The number of aromatic nitrogens is 1. The van der Waals surface area contributed by atoms with Crippen LogP contribution in [0.1, 0.15) is 36.1 Å². The van der Waals surface area contributed by atoms with Gasteiger partial charge in [-0.15, -0.1) is 0 Å². The molecule has 1 fully saturated rings. The SMILES string of the molecule is NC(CO)c1ccc(C2CC2)nc1. The Morgan fingerprint density at radius 3 is 2.77 bits per heavy atom. The van der Waals surface area contributed by atoms with Crippen LogP contribution in [-0.4, -0.2) is 16.7 Å². The molecule has 1 aromatic rings. The van der Waals surface area contributed by atoms with Crippen molar-refractivity contribution in [3.63, 3.8) is 0 Å². The van der Waals surface area contributed by atoms with Gasteiger partial charge in [-0.3, -0.25) is 4.98 Å². The largest absolute Gasteiger partial charge is 0.394 e. The fraction of sp³-hybridized carbons (Fsp3) is 0.500. The Hall–Kier alpha value is -0.930. The molecule has 0 bridgehead atoms. The smallest absolute Gasteiger partial charge is 0.0624 e. The molecule has 0 radical (unpaired) electrons. The zero-order chi connectivity index (χ0) is 9.26. The summed E-state index contributed by atoms with van der Waals surface area (Å²) in [6, 6.07) is 3.69. The molecule has 1 saturated carbocycles. The minimum Gasteiger partial charge on any atom is -0.394 e. The van der Waals surface area contributed by atoms with Gasteiger partial charge in [-0.1, -0.05) is 6.07 Å². The van der Waals surface area contributed by atoms with E-state index >= 15 is 0 Å². The highest BCUT2D eigenvalue weighted by atomic mass is 16.3. The molecule has 3 heteroatoms. The molecule has 1 aromatic heterocycles. The topological polar surface area (TPSA) is 59.1 Å². The molecule has 1 unspecified atom stereocenters. The average Bonchev–Trinajstić information content (AvgIpc) is 3.00. The third kappa shape index (κ3) is 1.87. The van der Waals surface area contributed by atoms with Gasteiger partial charge in [0.15, 0.2) is 0 Å². The van der Waals surface area contributed by atoms with E-state index in [2.05, 4.69) is 4.98 Å². The van der Waals surface area contributed by atoms with Crippen molar-refractivity contribution < 1.29 is 5.11 Å². The number of rotatable bonds is 3. The van der Waals surface area contributed by atoms with Crippen LogP contribution in [0.3, 0.4) is 0 Å². The van der Waals surface area contributed by atoms with E-state index in [1.165, 1.54) is 12.8 Å². The summed E-state index contributed by atoms with van der Waals surface area (Å²) < 4.78 is 0. The molecule has 2 rings (SSSR count). The Morgan fingerprint density at radius 1 is 1.54 bits per heavy atom. The quantitative estimate of drug-likeness (QED) is 0.724. The first kappa shape index (κ1) is 8.66. The van der Waals surface area contributed by atoms with Crippen molar-refractivity contribution in [3.05, 3.63) is 29.6 Å². The lowest BCUT2D eigenvalue weighted by molar-refractivity contribution is 0.268. The maximum Gasteiger partial charge on any atom is 0.0624 e. The van der Waals surface area contributed by atoms with E-state index in [-0.39, 0.29) is 12.6 Å². The van der Waals surface area contributed by atoms with E-state index in [0.29, 0.717) is 5.92 Å². The van der Waals surface area contributed by atoms with Crippen molar-refractivity contribution in [3.8, 4) is 0 Å². The summed E-state index contributed by atoms with van der Waals surface area (Å²) in [5, 5.41) is 8.83. The highest BCUT2D eigenvalue weighted by Gasteiger charge is 2.24. The molecular formula is C10H14N2O. The second-order valence-electron chi connectivity index (χ2n) is 3.58. The van der Waals surface area contributed by atoms with Gasteiger partial charge >= 0.3 is 0 Å². The maximum atomic E-state index is 8.83. The molecule has 0 aromatic carbocycles. The summed E-state index contributed by atoms with van der Waals surface area (Å²) in [5.41, 5.74) is 7.72. The molecule has 0 amide bonds. The Kier molecular flexibility index (Phi) is 2.29. The van der Waals surface area contributed by atoms with Gasteiger partial charge in [0.25, 0.3) is 0 Å². The van der Waals surface area contributed by atoms with Gasteiger partial charge in [0.2, 0.25) is 0 Å². The Balaban J connectivity index is 2.12. The monoisotopic (exact) mass is 178 g/mol. The van der Waals surface area contributed by atoms with Gasteiger partial charge in [-0.05, 0) is 24.5 Å². The fourth-order valence-corrected chi connectivity index (χ4v) is 1.36. The first-order valence-corrected chi connectivity index (χ1v) is 4.63. The fourth-order valence-electron chi connectivity index (χ4n) is 1.36. The molecule has 1 heterocycles. The Bertz CT molecular complexity index is 279. The van der Waals surface area contributed by atoms with Gasteiger partial charge in [0.1, 0.15) is 0 Å². The summed E-state index contributed by atoms with van der Waals surface area (Å²) in [5.74, 6) is 0.680. The van der Waals surface area contributed by atoms with E-state index in [9.17, 15) is 0 Å². The average molecular weight is 178 g/mol. The Morgan fingerprint density at radius 2 is 2.31 bits per heavy atom. The zero-order valence-electron chi connectivity index (χ0n) is 7.48. The molecular weight excluding hydrogens is 164 g/mol. The second-order valence-corrected chi connectivity index (χ2v) is 3.58. The van der Waals surface area contributed by atoms with E-state index in [1.54, 1.807) is 6.20 Å². The molecule has 0 spiro atoms. The highest BCUT2D eigenvalue weighted by Crippen LogP contribution is 2.38. The van der Waals surface area contributed by atoms with Crippen molar-refractivity contribution in [2.45, 2.75) is 24.8 Å². The molecule has 70 valence electrons. The first-order chi connectivity index (χ1) is 6.31. The molecule has 1 aliphatic rings. The molecule has 13 heavy (non-hydrogen) atoms. The van der Waals surface area contributed by atoms with Crippen molar-refractivity contribution in [1.82, 2.24) is 4.98 Å². The van der Waals surface area contributed by atoms with Crippen LogP contribution in [0.2, 0.25) is 0 Å². The zero-order valence-corrected chi connectivity index (χ0v) is 7.48. The first-order valence-electron chi connectivity index (χ1n) is 4.63. The van der Waals surface area contributed by atoms with Crippen LogP contribution < -0.4 is 5.73 Å². The lowest BCUT2D eigenvalue weighted by Gasteiger charge is -2.07. The second kappa shape index (κ2) is 3.44. The van der Waals surface area contributed by atoms with Crippen LogP contribution in [0.25, 0.3) is 0 Å². The van der Waals surface area contributed by atoms with Crippen LogP contribution in [0, 0.1) is 0 Å². The highest BCUT2D eigenvalue weighted by molar-refractivity contribution is 5.21. The van der Waals surface area contributed by atoms with Gasteiger partial charge in [-0.25, -0.2) is 0 Å². The number of aliphatic hydroxyl groups excluding tert-OH is 1. The third-order valence-corrected chi connectivity index (χ3v) is 2.43. The minimum atomic E-state index is -0.291. The molecule has 3 N–H and O–H groups in total. The summed E-state index contributed by atoms with van der Waals surface area (Å²) in [6.45, 7) is -0.0234. The molecule has 3 nitrogen and oxygen atoms in total. The van der Waals surface area contributed by atoms with Crippen LogP contribution in [0.15, 0.2) is 18.3 Å².